The molecule has 0 spiro atoms. The van der Waals surface area contributed by atoms with Crippen molar-refractivity contribution >= 4 is 11.8 Å². The van der Waals surface area contributed by atoms with E-state index in [-0.39, 0.29) is 11.5 Å². The number of piperazine rings is 1. The molecule has 0 aromatic heterocycles. The molecule has 2 amide bonds. The van der Waals surface area contributed by atoms with Crippen molar-refractivity contribution in [3.63, 3.8) is 0 Å². The van der Waals surface area contributed by atoms with E-state index in [0.29, 0.717) is 38.8 Å². The molecule has 1 heterocycles. The summed E-state index contributed by atoms with van der Waals surface area (Å²) in [6.45, 7) is 2.19. The molecule has 0 unspecified atom stereocenters. The average molecular weight is 323 g/mol. The van der Waals surface area contributed by atoms with Gasteiger partial charge in [0, 0.05) is 32.2 Å². The van der Waals surface area contributed by atoms with E-state index in [4.69, 9.17) is 0 Å². The molecular formula is C16H19F2N3O2. The van der Waals surface area contributed by atoms with Crippen LogP contribution >= 0.6 is 0 Å². The first-order chi connectivity index (χ1) is 11.0. The highest BCUT2D eigenvalue weighted by molar-refractivity contribution is 5.94. The van der Waals surface area contributed by atoms with Gasteiger partial charge in [0.25, 0.3) is 5.91 Å². The summed E-state index contributed by atoms with van der Waals surface area (Å²) >= 11 is 0. The van der Waals surface area contributed by atoms with Crippen LogP contribution in [0.2, 0.25) is 0 Å². The van der Waals surface area contributed by atoms with Crippen molar-refractivity contribution in [1.82, 2.24) is 15.1 Å². The Morgan fingerprint density at radius 1 is 1.13 bits per heavy atom. The molecule has 1 aliphatic heterocycles. The molecule has 5 nitrogen and oxygen atoms in total. The van der Waals surface area contributed by atoms with Crippen LogP contribution in [0.1, 0.15) is 23.2 Å². The lowest BCUT2D eigenvalue weighted by Crippen LogP contribution is -2.51. The predicted molar refractivity (Wildman–Crippen MR) is 79.9 cm³/mol. The third-order valence-electron chi connectivity index (χ3n) is 4.13. The number of halogens is 2. The Balaban J connectivity index is 1.52. The van der Waals surface area contributed by atoms with Gasteiger partial charge in [-0.3, -0.25) is 14.5 Å². The van der Waals surface area contributed by atoms with Crippen LogP contribution in [0, 0.1) is 11.6 Å². The van der Waals surface area contributed by atoms with Crippen LogP contribution in [-0.2, 0) is 4.79 Å². The Hall–Kier alpha value is -2.02. The largest absolute Gasteiger partial charge is 0.352 e. The number of nitrogens with one attached hydrogen (secondary N) is 1. The number of hydrogen-bond acceptors (Lipinski definition) is 3. The van der Waals surface area contributed by atoms with Crippen molar-refractivity contribution in [2.75, 3.05) is 32.7 Å². The van der Waals surface area contributed by atoms with Gasteiger partial charge in [0.05, 0.1) is 12.1 Å². The maximum Gasteiger partial charge on any atom is 0.257 e. The molecule has 124 valence electrons. The van der Waals surface area contributed by atoms with E-state index in [1.54, 1.807) is 0 Å². The zero-order valence-electron chi connectivity index (χ0n) is 12.7. The fourth-order valence-electron chi connectivity index (χ4n) is 2.64. The van der Waals surface area contributed by atoms with Crippen LogP contribution in [-0.4, -0.2) is 60.4 Å². The SMILES string of the molecule is O=C(CN1CCN(C(=O)c2cc(F)ccc2F)CC1)NC1CC1. The summed E-state index contributed by atoms with van der Waals surface area (Å²) in [7, 11) is 0. The number of rotatable bonds is 4. The van der Waals surface area contributed by atoms with Crippen LogP contribution in [0.25, 0.3) is 0 Å². The van der Waals surface area contributed by atoms with Gasteiger partial charge in [-0.15, -0.1) is 0 Å². The molecule has 7 heteroatoms. The molecule has 2 aliphatic rings. The first kappa shape index (κ1) is 15.9. The molecule has 1 saturated heterocycles. The lowest BCUT2D eigenvalue weighted by molar-refractivity contribution is -0.122. The summed E-state index contributed by atoms with van der Waals surface area (Å²) < 4.78 is 26.9. The molecule has 1 saturated carbocycles. The van der Waals surface area contributed by atoms with Crippen LogP contribution in [0.5, 0.6) is 0 Å². The van der Waals surface area contributed by atoms with Crippen LogP contribution in [0.15, 0.2) is 18.2 Å². The first-order valence-corrected chi connectivity index (χ1v) is 7.79. The summed E-state index contributed by atoms with van der Waals surface area (Å²) in [6, 6.07) is 3.21. The lowest BCUT2D eigenvalue weighted by Gasteiger charge is -2.34. The fourth-order valence-corrected chi connectivity index (χ4v) is 2.64. The summed E-state index contributed by atoms with van der Waals surface area (Å²) in [5.41, 5.74) is -0.245. The minimum absolute atomic E-state index is 0.00320. The molecule has 2 fully saturated rings. The number of carbonyl (C=O) groups excluding carboxylic acids is 2. The Kier molecular flexibility index (Phi) is 4.56. The number of hydrogen-bond donors (Lipinski definition) is 1. The van der Waals surface area contributed by atoms with E-state index in [2.05, 4.69) is 5.32 Å². The van der Waals surface area contributed by atoms with E-state index < -0.39 is 17.5 Å². The highest BCUT2D eigenvalue weighted by Crippen LogP contribution is 2.18. The highest BCUT2D eigenvalue weighted by atomic mass is 19.1. The normalized spacial score (nSPS) is 18.8. The number of nitrogens with zero attached hydrogens (tertiary/aromatic N) is 2. The molecular weight excluding hydrogens is 304 g/mol. The van der Waals surface area contributed by atoms with Crippen molar-refractivity contribution in [1.29, 1.82) is 0 Å². The topological polar surface area (TPSA) is 52.7 Å². The van der Waals surface area contributed by atoms with Crippen molar-refractivity contribution in [3.05, 3.63) is 35.4 Å². The second kappa shape index (κ2) is 6.62. The summed E-state index contributed by atoms with van der Waals surface area (Å²) in [4.78, 5) is 27.5. The van der Waals surface area contributed by atoms with Crippen LogP contribution in [0.4, 0.5) is 8.78 Å². The smallest absolute Gasteiger partial charge is 0.257 e. The summed E-state index contributed by atoms with van der Waals surface area (Å²) in [5.74, 6) is -1.86. The molecule has 0 bridgehead atoms. The Bertz CT molecular complexity index is 611. The van der Waals surface area contributed by atoms with Crippen LogP contribution < -0.4 is 5.32 Å². The van der Waals surface area contributed by atoms with Gasteiger partial charge < -0.3 is 10.2 Å². The Morgan fingerprint density at radius 2 is 1.83 bits per heavy atom. The Morgan fingerprint density at radius 3 is 2.48 bits per heavy atom. The Labute approximate surface area is 133 Å². The minimum atomic E-state index is -0.720. The molecule has 23 heavy (non-hydrogen) atoms. The highest BCUT2D eigenvalue weighted by Gasteiger charge is 2.27. The number of amides is 2. The molecule has 0 atom stereocenters. The van der Waals surface area contributed by atoms with Crippen molar-refractivity contribution < 1.29 is 18.4 Å². The zero-order chi connectivity index (χ0) is 16.4. The molecule has 1 N–H and O–H groups in total. The van der Waals surface area contributed by atoms with Gasteiger partial charge in [0.1, 0.15) is 11.6 Å². The molecule has 1 aromatic carbocycles. The molecule has 0 radical (unpaired) electrons. The van der Waals surface area contributed by atoms with Crippen molar-refractivity contribution in [2.45, 2.75) is 18.9 Å². The lowest BCUT2D eigenvalue weighted by atomic mass is 10.1. The van der Waals surface area contributed by atoms with E-state index >= 15 is 0 Å². The van der Waals surface area contributed by atoms with Crippen LogP contribution in [0.3, 0.4) is 0 Å². The minimum Gasteiger partial charge on any atom is -0.352 e. The maximum absolute atomic E-state index is 13.7. The second-order valence-electron chi connectivity index (χ2n) is 6.03. The van der Waals surface area contributed by atoms with Gasteiger partial charge in [-0.05, 0) is 31.0 Å². The van der Waals surface area contributed by atoms with Crippen molar-refractivity contribution in [3.8, 4) is 0 Å². The predicted octanol–water partition coefficient (Wildman–Crippen LogP) is 1.00. The second-order valence-corrected chi connectivity index (χ2v) is 6.03. The van der Waals surface area contributed by atoms with Gasteiger partial charge in [-0.2, -0.15) is 0 Å². The third-order valence-corrected chi connectivity index (χ3v) is 4.13. The third kappa shape index (κ3) is 4.04. The van der Waals surface area contributed by atoms with Gasteiger partial charge >= 0.3 is 0 Å². The number of benzene rings is 1. The van der Waals surface area contributed by atoms with Crippen molar-refractivity contribution in [2.24, 2.45) is 0 Å². The van der Waals surface area contributed by atoms with Gasteiger partial charge in [-0.1, -0.05) is 0 Å². The molecule has 1 aliphatic carbocycles. The van der Waals surface area contributed by atoms with E-state index in [0.717, 1.165) is 31.0 Å². The van der Waals surface area contributed by atoms with Gasteiger partial charge in [0.15, 0.2) is 0 Å². The van der Waals surface area contributed by atoms with E-state index in [1.165, 1.54) is 4.90 Å². The standard InChI is InChI=1S/C16H19F2N3O2/c17-11-1-4-14(18)13(9-11)16(23)21-7-5-20(6-8-21)10-15(22)19-12-2-3-12/h1,4,9,12H,2-3,5-8,10H2,(H,19,22). The average Bonchev–Trinajstić information content (AvgIpc) is 3.33. The zero-order valence-corrected chi connectivity index (χ0v) is 12.7. The van der Waals surface area contributed by atoms with Gasteiger partial charge in [0.2, 0.25) is 5.91 Å². The molecule has 1 aromatic rings. The monoisotopic (exact) mass is 323 g/mol. The summed E-state index contributed by atoms with van der Waals surface area (Å²) in [6.07, 6.45) is 2.10. The van der Waals surface area contributed by atoms with E-state index in [9.17, 15) is 18.4 Å². The number of carbonyl (C=O) groups is 2. The fraction of sp³-hybridized carbons (Fsp3) is 0.500. The summed E-state index contributed by atoms with van der Waals surface area (Å²) in [5, 5.41) is 2.92. The maximum atomic E-state index is 13.7. The quantitative estimate of drug-likeness (QED) is 0.899. The van der Waals surface area contributed by atoms with E-state index in [1.807, 2.05) is 4.90 Å². The van der Waals surface area contributed by atoms with Gasteiger partial charge in [-0.25, -0.2) is 8.78 Å². The first-order valence-electron chi connectivity index (χ1n) is 7.79. The molecule has 3 rings (SSSR count).